The fourth-order valence-corrected chi connectivity index (χ4v) is 2.19. The van der Waals surface area contributed by atoms with E-state index < -0.39 is 5.38 Å². The SMILES string of the molecule is CC(C)NC(=O)C(Cl)c1ccc(-c2ccccc2)cc1. The Kier molecular flexibility index (Phi) is 4.80. The number of carbonyl (C=O) groups is 1. The van der Waals surface area contributed by atoms with Crippen molar-refractivity contribution in [3.63, 3.8) is 0 Å². The van der Waals surface area contributed by atoms with Crippen LogP contribution in [0.2, 0.25) is 0 Å². The standard InChI is InChI=1S/C17H18ClNO/c1-12(2)19-17(20)16(18)15-10-8-14(9-11-15)13-6-4-3-5-7-13/h3-12,16H,1-2H3,(H,19,20). The topological polar surface area (TPSA) is 29.1 Å². The molecule has 1 amide bonds. The van der Waals surface area contributed by atoms with Crippen molar-refractivity contribution < 1.29 is 4.79 Å². The molecule has 0 aliphatic heterocycles. The van der Waals surface area contributed by atoms with Crippen molar-refractivity contribution in [2.24, 2.45) is 0 Å². The van der Waals surface area contributed by atoms with Crippen molar-refractivity contribution in [1.29, 1.82) is 0 Å². The van der Waals surface area contributed by atoms with Gasteiger partial charge in [0, 0.05) is 6.04 Å². The van der Waals surface area contributed by atoms with Gasteiger partial charge >= 0.3 is 0 Å². The smallest absolute Gasteiger partial charge is 0.242 e. The van der Waals surface area contributed by atoms with Gasteiger partial charge in [-0.05, 0) is 30.5 Å². The third kappa shape index (κ3) is 3.61. The van der Waals surface area contributed by atoms with Gasteiger partial charge in [-0.3, -0.25) is 4.79 Å². The van der Waals surface area contributed by atoms with Crippen LogP contribution in [-0.4, -0.2) is 11.9 Å². The molecule has 0 fully saturated rings. The van der Waals surface area contributed by atoms with E-state index in [9.17, 15) is 4.79 Å². The second-order valence-corrected chi connectivity index (χ2v) is 5.45. The zero-order chi connectivity index (χ0) is 14.5. The highest BCUT2D eigenvalue weighted by Crippen LogP contribution is 2.25. The van der Waals surface area contributed by atoms with Crippen LogP contribution >= 0.6 is 11.6 Å². The van der Waals surface area contributed by atoms with E-state index in [0.717, 1.165) is 16.7 Å². The number of amides is 1. The quantitative estimate of drug-likeness (QED) is 0.841. The zero-order valence-corrected chi connectivity index (χ0v) is 12.4. The Morgan fingerprint density at radius 2 is 1.50 bits per heavy atom. The summed E-state index contributed by atoms with van der Waals surface area (Å²) in [7, 11) is 0. The van der Waals surface area contributed by atoms with E-state index in [0.29, 0.717) is 0 Å². The maximum absolute atomic E-state index is 11.9. The molecule has 104 valence electrons. The van der Waals surface area contributed by atoms with E-state index in [2.05, 4.69) is 17.4 Å². The lowest BCUT2D eigenvalue weighted by Gasteiger charge is -2.13. The number of nitrogens with one attached hydrogen (secondary N) is 1. The first-order chi connectivity index (χ1) is 9.58. The molecular weight excluding hydrogens is 270 g/mol. The van der Waals surface area contributed by atoms with Gasteiger partial charge in [-0.25, -0.2) is 0 Å². The molecule has 1 N–H and O–H groups in total. The average molecular weight is 288 g/mol. The first-order valence-electron chi connectivity index (χ1n) is 6.68. The van der Waals surface area contributed by atoms with Gasteiger partial charge in [-0.2, -0.15) is 0 Å². The summed E-state index contributed by atoms with van der Waals surface area (Å²) >= 11 is 6.19. The molecule has 0 aromatic heterocycles. The first-order valence-corrected chi connectivity index (χ1v) is 7.11. The van der Waals surface area contributed by atoms with Crippen LogP contribution in [0.3, 0.4) is 0 Å². The Bertz CT molecular complexity index is 563. The molecule has 2 rings (SSSR count). The summed E-state index contributed by atoms with van der Waals surface area (Å²) in [6, 6.07) is 18.0. The van der Waals surface area contributed by atoms with Crippen LogP contribution in [0.1, 0.15) is 24.8 Å². The molecule has 1 atom stereocenters. The summed E-state index contributed by atoms with van der Waals surface area (Å²) in [5.41, 5.74) is 3.07. The molecule has 1 unspecified atom stereocenters. The highest BCUT2D eigenvalue weighted by Gasteiger charge is 2.17. The molecule has 2 nitrogen and oxygen atoms in total. The van der Waals surface area contributed by atoms with E-state index in [1.54, 1.807) is 0 Å². The molecule has 0 radical (unpaired) electrons. The van der Waals surface area contributed by atoms with Crippen LogP contribution in [0.4, 0.5) is 0 Å². The minimum absolute atomic E-state index is 0.0901. The van der Waals surface area contributed by atoms with Crippen molar-refractivity contribution >= 4 is 17.5 Å². The van der Waals surface area contributed by atoms with Gasteiger partial charge in [0.15, 0.2) is 0 Å². The molecule has 2 aromatic carbocycles. The van der Waals surface area contributed by atoms with Gasteiger partial charge < -0.3 is 5.32 Å². The molecule has 20 heavy (non-hydrogen) atoms. The number of hydrogen-bond acceptors (Lipinski definition) is 1. The highest BCUT2D eigenvalue weighted by atomic mass is 35.5. The molecule has 0 saturated carbocycles. The molecule has 2 aromatic rings. The van der Waals surface area contributed by atoms with E-state index in [4.69, 9.17) is 11.6 Å². The highest BCUT2D eigenvalue weighted by molar-refractivity contribution is 6.30. The van der Waals surface area contributed by atoms with Gasteiger partial charge in [-0.15, -0.1) is 11.6 Å². The van der Waals surface area contributed by atoms with Gasteiger partial charge in [0.25, 0.3) is 0 Å². The van der Waals surface area contributed by atoms with Gasteiger partial charge in [0.05, 0.1) is 0 Å². The van der Waals surface area contributed by atoms with Crippen LogP contribution in [0.25, 0.3) is 11.1 Å². The lowest BCUT2D eigenvalue weighted by atomic mass is 10.0. The molecule has 3 heteroatoms. The molecule has 0 heterocycles. The molecular formula is C17H18ClNO. The number of halogens is 1. The number of alkyl halides is 1. The van der Waals surface area contributed by atoms with Crippen molar-refractivity contribution in [2.75, 3.05) is 0 Å². The molecule has 0 aliphatic carbocycles. The average Bonchev–Trinajstić information content (AvgIpc) is 2.47. The third-order valence-corrected chi connectivity index (χ3v) is 3.42. The van der Waals surface area contributed by atoms with Crippen molar-refractivity contribution in [1.82, 2.24) is 5.32 Å². The third-order valence-electron chi connectivity index (χ3n) is 2.97. The van der Waals surface area contributed by atoms with Crippen LogP contribution in [-0.2, 0) is 4.79 Å². The fourth-order valence-electron chi connectivity index (χ4n) is 1.98. The molecule has 0 aliphatic rings. The predicted octanol–water partition coefficient (Wildman–Crippen LogP) is 4.16. The van der Waals surface area contributed by atoms with Crippen molar-refractivity contribution in [3.8, 4) is 11.1 Å². The molecule has 0 bridgehead atoms. The number of rotatable bonds is 4. The van der Waals surface area contributed by atoms with Crippen molar-refractivity contribution in [2.45, 2.75) is 25.3 Å². The number of hydrogen-bond donors (Lipinski definition) is 1. The summed E-state index contributed by atoms with van der Waals surface area (Å²) < 4.78 is 0. The van der Waals surface area contributed by atoms with Crippen molar-refractivity contribution in [3.05, 3.63) is 60.2 Å². The summed E-state index contributed by atoms with van der Waals surface area (Å²) in [4.78, 5) is 11.9. The number of benzene rings is 2. The summed E-state index contributed by atoms with van der Waals surface area (Å²) in [6.07, 6.45) is 0. The Labute approximate surface area is 124 Å². The van der Waals surface area contributed by atoms with Crippen LogP contribution < -0.4 is 5.32 Å². The predicted molar refractivity (Wildman–Crippen MR) is 83.8 cm³/mol. The minimum Gasteiger partial charge on any atom is -0.352 e. The maximum atomic E-state index is 11.9. The van der Waals surface area contributed by atoms with Crippen LogP contribution in [0, 0.1) is 0 Å². The van der Waals surface area contributed by atoms with Gasteiger partial charge in [0.1, 0.15) is 5.38 Å². The van der Waals surface area contributed by atoms with E-state index in [1.165, 1.54) is 0 Å². The largest absolute Gasteiger partial charge is 0.352 e. The van der Waals surface area contributed by atoms with E-state index in [1.807, 2.05) is 56.3 Å². The van der Waals surface area contributed by atoms with E-state index in [-0.39, 0.29) is 11.9 Å². The summed E-state index contributed by atoms with van der Waals surface area (Å²) in [6.45, 7) is 3.83. The first kappa shape index (κ1) is 14.6. The maximum Gasteiger partial charge on any atom is 0.242 e. The lowest BCUT2D eigenvalue weighted by Crippen LogP contribution is -2.32. The van der Waals surface area contributed by atoms with Gasteiger partial charge in [-0.1, -0.05) is 54.6 Å². The number of carbonyl (C=O) groups excluding carboxylic acids is 1. The molecule has 0 saturated heterocycles. The van der Waals surface area contributed by atoms with Crippen LogP contribution in [0.5, 0.6) is 0 Å². The Morgan fingerprint density at radius 3 is 2.05 bits per heavy atom. The van der Waals surface area contributed by atoms with Gasteiger partial charge in [0.2, 0.25) is 5.91 Å². The Morgan fingerprint density at radius 1 is 0.950 bits per heavy atom. The van der Waals surface area contributed by atoms with E-state index >= 15 is 0 Å². The zero-order valence-electron chi connectivity index (χ0n) is 11.6. The fraction of sp³-hybridized carbons (Fsp3) is 0.235. The summed E-state index contributed by atoms with van der Waals surface area (Å²) in [5.74, 6) is -0.158. The lowest BCUT2D eigenvalue weighted by molar-refractivity contribution is -0.121. The minimum atomic E-state index is -0.651. The molecule has 0 spiro atoms. The second-order valence-electron chi connectivity index (χ2n) is 5.01. The van der Waals surface area contributed by atoms with Crippen LogP contribution in [0.15, 0.2) is 54.6 Å². The second kappa shape index (κ2) is 6.58. The normalized spacial score (nSPS) is 12.2. The Hall–Kier alpha value is -1.80. The summed E-state index contributed by atoms with van der Waals surface area (Å²) in [5, 5.41) is 2.17. The monoisotopic (exact) mass is 287 g/mol. The Balaban J connectivity index is 2.14.